The molecule has 1 atom stereocenters. The molecule has 4 heterocycles. The van der Waals surface area contributed by atoms with Crippen molar-refractivity contribution in [2.75, 3.05) is 6.54 Å². The Balaban J connectivity index is 1.35. The first-order valence-corrected chi connectivity index (χ1v) is 9.53. The van der Waals surface area contributed by atoms with Crippen molar-refractivity contribution >= 4 is 11.8 Å². The molecule has 150 valence electrons. The quantitative estimate of drug-likeness (QED) is 0.655. The first-order chi connectivity index (χ1) is 14.1. The van der Waals surface area contributed by atoms with Crippen molar-refractivity contribution in [3.8, 4) is 0 Å². The van der Waals surface area contributed by atoms with Gasteiger partial charge in [-0.05, 0) is 37.8 Å². The molecule has 2 amide bonds. The molecule has 9 nitrogen and oxygen atoms in total. The van der Waals surface area contributed by atoms with E-state index in [9.17, 15) is 9.59 Å². The Kier molecular flexibility index (Phi) is 5.37. The highest BCUT2D eigenvalue weighted by atomic mass is 16.5. The van der Waals surface area contributed by atoms with Gasteiger partial charge in [-0.1, -0.05) is 5.16 Å². The maximum Gasteiger partial charge on any atom is 0.255 e. The highest BCUT2D eigenvalue weighted by molar-refractivity contribution is 5.95. The summed E-state index contributed by atoms with van der Waals surface area (Å²) in [6, 6.07) is 5.25. The Morgan fingerprint density at radius 3 is 2.93 bits per heavy atom. The van der Waals surface area contributed by atoms with Crippen LogP contribution in [0.15, 0.2) is 41.3 Å². The van der Waals surface area contributed by atoms with Gasteiger partial charge in [-0.3, -0.25) is 19.3 Å². The van der Waals surface area contributed by atoms with Gasteiger partial charge >= 0.3 is 0 Å². The van der Waals surface area contributed by atoms with E-state index in [1.165, 1.54) is 0 Å². The van der Waals surface area contributed by atoms with Crippen LogP contribution in [0.5, 0.6) is 0 Å². The van der Waals surface area contributed by atoms with E-state index in [4.69, 9.17) is 4.52 Å². The minimum Gasteiger partial charge on any atom is -0.359 e. The molecule has 1 aliphatic rings. The van der Waals surface area contributed by atoms with Gasteiger partial charge in [-0.25, -0.2) is 0 Å². The van der Waals surface area contributed by atoms with Crippen LogP contribution < -0.4 is 10.6 Å². The number of nitrogens with zero attached hydrogens (tertiary/aromatic N) is 4. The normalized spacial score (nSPS) is 15.6. The third-order valence-electron chi connectivity index (χ3n) is 5.00. The number of hydrogen-bond donors (Lipinski definition) is 2. The minimum absolute atomic E-state index is 0.141. The number of aryl methyl sites for hydroxylation is 2. The molecule has 29 heavy (non-hydrogen) atoms. The summed E-state index contributed by atoms with van der Waals surface area (Å²) in [5, 5.41) is 14.0. The standard InChI is InChI=1S/C20H22N6O3/c1-13-7-16(29-25-13)11-23-20(28)17-12-24-26-6-4-14(8-18(17)26)9-22-19(27)15-3-2-5-21-10-15/h2-3,5,7,10,12,14H,4,6,8-9,11H2,1H3,(H,22,27)(H,23,28)/t14-/m1/s1. The van der Waals surface area contributed by atoms with Crippen molar-refractivity contribution in [3.63, 3.8) is 0 Å². The molecule has 0 bridgehead atoms. The number of carbonyl (C=O) groups excluding carboxylic acids is 2. The van der Waals surface area contributed by atoms with E-state index in [-0.39, 0.29) is 24.3 Å². The van der Waals surface area contributed by atoms with Gasteiger partial charge in [-0.15, -0.1) is 0 Å². The monoisotopic (exact) mass is 394 g/mol. The van der Waals surface area contributed by atoms with Gasteiger partial charge in [0.1, 0.15) is 0 Å². The van der Waals surface area contributed by atoms with Gasteiger partial charge in [-0.2, -0.15) is 5.10 Å². The van der Waals surface area contributed by atoms with Crippen LogP contribution in [0.2, 0.25) is 0 Å². The van der Waals surface area contributed by atoms with Crippen LogP contribution in [0.25, 0.3) is 0 Å². The molecular formula is C20H22N6O3. The van der Waals surface area contributed by atoms with E-state index in [2.05, 4.69) is 25.9 Å². The fourth-order valence-corrected chi connectivity index (χ4v) is 3.46. The van der Waals surface area contributed by atoms with Gasteiger partial charge in [0.15, 0.2) is 5.76 Å². The summed E-state index contributed by atoms with van der Waals surface area (Å²) < 4.78 is 6.99. The average molecular weight is 394 g/mol. The third kappa shape index (κ3) is 4.34. The molecule has 9 heteroatoms. The lowest BCUT2D eigenvalue weighted by Gasteiger charge is -2.24. The lowest BCUT2D eigenvalue weighted by molar-refractivity contribution is 0.0932. The largest absolute Gasteiger partial charge is 0.359 e. The van der Waals surface area contributed by atoms with Crippen LogP contribution >= 0.6 is 0 Å². The summed E-state index contributed by atoms with van der Waals surface area (Å²) in [4.78, 5) is 28.8. The number of pyridine rings is 1. The van der Waals surface area contributed by atoms with Crippen LogP contribution in [-0.2, 0) is 19.5 Å². The second-order valence-corrected chi connectivity index (χ2v) is 7.16. The summed E-state index contributed by atoms with van der Waals surface area (Å²) in [5.41, 5.74) is 2.76. The Hall–Kier alpha value is -3.49. The predicted molar refractivity (Wildman–Crippen MR) is 103 cm³/mol. The minimum atomic E-state index is -0.194. The average Bonchev–Trinajstić information content (AvgIpc) is 3.36. The van der Waals surface area contributed by atoms with E-state index in [1.807, 2.05) is 11.6 Å². The number of hydrogen-bond acceptors (Lipinski definition) is 6. The lowest BCUT2D eigenvalue weighted by atomic mass is 9.94. The zero-order valence-electron chi connectivity index (χ0n) is 16.1. The van der Waals surface area contributed by atoms with Crippen LogP contribution in [-0.4, -0.2) is 38.3 Å². The molecule has 0 fully saturated rings. The van der Waals surface area contributed by atoms with Gasteiger partial charge in [0.05, 0.1) is 35.3 Å². The van der Waals surface area contributed by atoms with Crippen LogP contribution in [0.4, 0.5) is 0 Å². The molecule has 1 aliphatic heterocycles. The first kappa shape index (κ1) is 18.9. The molecule has 3 aromatic heterocycles. The highest BCUT2D eigenvalue weighted by Gasteiger charge is 2.25. The SMILES string of the molecule is Cc1cc(CNC(=O)c2cnn3c2C[C@H](CNC(=O)c2cccnc2)CC3)on1. The van der Waals surface area contributed by atoms with Crippen molar-refractivity contribution in [2.45, 2.75) is 32.9 Å². The van der Waals surface area contributed by atoms with Gasteiger partial charge in [0.25, 0.3) is 11.8 Å². The number of aromatic nitrogens is 4. The van der Waals surface area contributed by atoms with Gasteiger partial charge in [0, 0.05) is 31.5 Å². The van der Waals surface area contributed by atoms with Gasteiger partial charge in [0.2, 0.25) is 0 Å². The second-order valence-electron chi connectivity index (χ2n) is 7.16. The molecule has 2 N–H and O–H groups in total. The van der Waals surface area contributed by atoms with Crippen molar-refractivity contribution in [3.05, 3.63) is 65.1 Å². The van der Waals surface area contributed by atoms with Crippen LogP contribution in [0.3, 0.4) is 0 Å². The summed E-state index contributed by atoms with van der Waals surface area (Å²) in [5.74, 6) is 0.508. The summed E-state index contributed by atoms with van der Waals surface area (Å²) >= 11 is 0. The van der Waals surface area contributed by atoms with Crippen LogP contribution in [0.1, 0.15) is 44.3 Å². The van der Waals surface area contributed by atoms with E-state index < -0.39 is 0 Å². The Labute approximate surface area is 167 Å². The Bertz CT molecular complexity index is 1010. The predicted octanol–water partition coefficient (Wildman–Crippen LogP) is 1.50. The molecule has 3 aromatic rings. The zero-order valence-corrected chi connectivity index (χ0v) is 16.1. The van der Waals surface area contributed by atoms with Crippen molar-refractivity contribution in [2.24, 2.45) is 5.92 Å². The van der Waals surface area contributed by atoms with Crippen molar-refractivity contribution in [1.29, 1.82) is 0 Å². The Morgan fingerprint density at radius 1 is 1.28 bits per heavy atom. The van der Waals surface area contributed by atoms with Crippen molar-refractivity contribution in [1.82, 2.24) is 30.6 Å². The molecule has 0 unspecified atom stereocenters. The van der Waals surface area contributed by atoms with E-state index in [1.54, 1.807) is 36.8 Å². The van der Waals surface area contributed by atoms with Crippen LogP contribution in [0, 0.1) is 12.8 Å². The molecule has 0 aliphatic carbocycles. The summed E-state index contributed by atoms with van der Waals surface area (Å²) in [6.45, 7) is 3.36. The zero-order chi connectivity index (χ0) is 20.2. The Morgan fingerprint density at radius 2 is 2.17 bits per heavy atom. The third-order valence-corrected chi connectivity index (χ3v) is 5.00. The molecule has 0 saturated heterocycles. The molecule has 0 saturated carbocycles. The summed E-state index contributed by atoms with van der Waals surface area (Å²) in [6.07, 6.45) is 6.35. The fraction of sp³-hybridized carbons (Fsp3) is 0.350. The number of nitrogens with one attached hydrogen (secondary N) is 2. The lowest BCUT2D eigenvalue weighted by Crippen LogP contribution is -2.34. The van der Waals surface area contributed by atoms with E-state index in [0.29, 0.717) is 29.9 Å². The molecule has 0 aromatic carbocycles. The molecule has 4 rings (SSSR count). The van der Waals surface area contributed by atoms with Gasteiger partial charge < -0.3 is 15.2 Å². The highest BCUT2D eigenvalue weighted by Crippen LogP contribution is 2.23. The molecular weight excluding hydrogens is 372 g/mol. The maximum absolute atomic E-state index is 12.6. The van der Waals surface area contributed by atoms with E-state index in [0.717, 1.165) is 24.4 Å². The number of amides is 2. The first-order valence-electron chi connectivity index (χ1n) is 9.53. The topological polar surface area (TPSA) is 115 Å². The number of carbonyl (C=O) groups is 2. The number of rotatable bonds is 6. The van der Waals surface area contributed by atoms with E-state index >= 15 is 0 Å². The molecule has 0 radical (unpaired) electrons. The number of fused-ring (bicyclic) bond motifs is 1. The fourth-order valence-electron chi connectivity index (χ4n) is 3.46. The second kappa shape index (κ2) is 8.26. The summed E-state index contributed by atoms with van der Waals surface area (Å²) in [7, 11) is 0. The van der Waals surface area contributed by atoms with Crippen molar-refractivity contribution < 1.29 is 14.1 Å². The molecule has 0 spiro atoms. The maximum atomic E-state index is 12.6. The smallest absolute Gasteiger partial charge is 0.255 e.